The predicted molar refractivity (Wildman–Crippen MR) is 92.4 cm³/mol. The molecule has 0 spiro atoms. The number of piperidine rings is 1. The highest BCUT2D eigenvalue weighted by atomic mass is 127. The van der Waals surface area contributed by atoms with Gasteiger partial charge in [0.15, 0.2) is 0 Å². The summed E-state index contributed by atoms with van der Waals surface area (Å²) in [6.07, 6.45) is 3.01. The van der Waals surface area contributed by atoms with Crippen LogP contribution in [-0.4, -0.2) is 43.2 Å². The summed E-state index contributed by atoms with van der Waals surface area (Å²) in [7, 11) is 0. The Morgan fingerprint density at radius 1 is 1.43 bits per heavy atom. The zero-order chi connectivity index (χ0) is 15.2. The van der Waals surface area contributed by atoms with Gasteiger partial charge in [0.1, 0.15) is 0 Å². The standard InChI is InChI=1S/C16H23IN2O2/c1-12-4-2-5-14(15(12)17)16(20)19-9-6-13(7-10-19)21-11-3-8-18/h2,4-5,13H,3,6-11,18H2,1H3. The first-order valence-corrected chi connectivity index (χ1v) is 8.57. The lowest BCUT2D eigenvalue weighted by atomic mass is 10.1. The number of nitrogens with zero attached hydrogens (tertiary/aromatic N) is 1. The Morgan fingerprint density at radius 2 is 2.14 bits per heavy atom. The Bertz CT molecular complexity index is 485. The van der Waals surface area contributed by atoms with E-state index in [1.165, 1.54) is 0 Å². The highest BCUT2D eigenvalue weighted by Crippen LogP contribution is 2.21. The number of rotatable bonds is 5. The van der Waals surface area contributed by atoms with Crippen LogP contribution in [0.5, 0.6) is 0 Å². The third-order valence-electron chi connectivity index (χ3n) is 3.85. The lowest BCUT2D eigenvalue weighted by Crippen LogP contribution is -2.41. The van der Waals surface area contributed by atoms with Gasteiger partial charge < -0.3 is 15.4 Å². The molecule has 1 aromatic rings. The van der Waals surface area contributed by atoms with Crippen molar-refractivity contribution in [2.24, 2.45) is 5.73 Å². The number of hydrogen-bond donors (Lipinski definition) is 1. The van der Waals surface area contributed by atoms with E-state index < -0.39 is 0 Å². The second kappa shape index (κ2) is 8.10. The van der Waals surface area contributed by atoms with Crippen LogP contribution in [0.4, 0.5) is 0 Å². The van der Waals surface area contributed by atoms with Crippen LogP contribution in [0.3, 0.4) is 0 Å². The number of hydrogen-bond acceptors (Lipinski definition) is 3. The first-order valence-electron chi connectivity index (χ1n) is 7.49. The van der Waals surface area contributed by atoms with Crippen LogP contribution in [0.2, 0.25) is 0 Å². The zero-order valence-corrected chi connectivity index (χ0v) is 14.6. The topological polar surface area (TPSA) is 55.6 Å². The molecule has 0 aliphatic carbocycles. The maximum atomic E-state index is 12.6. The molecule has 0 atom stereocenters. The second-order valence-electron chi connectivity index (χ2n) is 5.44. The van der Waals surface area contributed by atoms with Gasteiger partial charge in [-0.2, -0.15) is 0 Å². The number of likely N-dealkylation sites (tertiary alicyclic amines) is 1. The van der Waals surface area contributed by atoms with E-state index in [4.69, 9.17) is 10.5 Å². The van der Waals surface area contributed by atoms with Crippen LogP contribution in [0.15, 0.2) is 18.2 Å². The van der Waals surface area contributed by atoms with E-state index in [1.807, 2.05) is 30.0 Å². The molecule has 21 heavy (non-hydrogen) atoms. The van der Waals surface area contributed by atoms with Gasteiger partial charge >= 0.3 is 0 Å². The van der Waals surface area contributed by atoms with E-state index in [0.717, 1.165) is 53.7 Å². The number of halogens is 1. The van der Waals surface area contributed by atoms with E-state index in [-0.39, 0.29) is 12.0 Å². The number of aryl methyl sites for hydroxylation is 1. The molecule has 1 saturated heterocycles. The molecule has 1 aromatic carbocycles. The molecule has 0 saturated carbocycles. The molecule has 1 fully saturated rings. The molecule has 0 bridgehead atoms. The van der Waals surface area contributed by atoms with Crippen LogP contribution < -0.4 is 5.73 Å². The summed E-state index contributed by atoms with van der Waals surface area (Å²) in [4.78, 5) is 14.5. The predicted octanol–water partition coefficient (Wildman–Crippen LogP) is 2.57. The van der Waals surface area contributed by atoms with Gasteiger partial charge in [-0.05, 0) is 67.0 Å². The summed E-state index contributed by atoms with van der Waals surface area (Å²) in [5.74, 6) is 0.142. The number of carbonyl (C=O) groups excluding carboxylic acids is 1. The van der Waals surface area contributed by atoms with Crippen LogP contribution in [0, 0.1) is 10.5 Å². The van der Waals surface area contributed by atoms with Gasteiger partial charge in [0.05, 0.1) is 11.7 Å². The third-order valence-corrected chi connectivity index (χ3v) is 5.29. The summed E-state index contributed by atoms with van der Waals surface area (Å²) in [5, 5.41) is 0. The minimum atomic E-state index is 0.142. The smallest absolute Gasteiger partial charge is 0.254 e. The highest BCUT2D eigenvalue weighted by molar-refractivity contribution is 14.1. The van der Waals surface area contributed by atoms with Gasteiger partial charge in [-0.1, -0.05) is 12.1 Å². The Hall–Kier alpha value is -0.660. The summed E-state index contributed by atoms with van der Waals surface area (Å²) in [5.41, 5.74) is 7.43. The molecular formula is C16H23IN2O2. The van der Waals surface area contributed by atoms with Gasteiger partial charge in [0.2, 0.25) is 0 Å². The zero-order valence-electron chi connectivity index (χ0n) is 12.5. The fourth-order valence-electron chi connectivity index (χ4n) is 2.54. The van der Waals surface area contributed by atoms with Gasteiger partial charge in [-0.15, -0.1) is 0 Å². The molecule has 2 rings (SSSR count). The summed E-state index contributed by atoms with van der Waals surface area (Å²) in [6.45, 7) is 4.98. The molecule has 2 N–H and O–H groups in total. The number of benzene rings is 1. The van der Waals surface area contributed by atoms with Crippen LogP contribution in [0.1, 0.15) is 35.2 Å². The monoisotopic (exact) mass is 402 g/mol. The average molecular weight is 402 g/mol. The SMILES string of the molecule is Cc1cccc(C(=O)N2CCC(OCCCN)CC2)c1I. The fourth-order valence-corrected chi connectivity index (χ4v) is 3.13. The maximum Gasteiger partial charge on any atom is 0.254 e. The molecule has 1 amide bonds. The lowest BCUT2D eigenvalue weighted by Gasteiger charge is -2.32. The van der Waals surface area contributed by atoms with Crippen molar-refractivity contribution in [3.05, 3.63) is 32.9 Å². The maximum absolute atomic E-state index is 12.6. The van der Waals surface area contributed by atoms with Crippen molar-refractivity contribution in [3.8, 4) is 0 Å². The van der Waals surface area contributed by atoms with Crippen molar-refractivity contribution < 1.29 is 9.53 Å². The quantitative estimate of drug-likeness (QED) is 0.609. The minimum absolute atomic E-state index is 0.142. The molecular weight excluding hydrogens is 379 g/mol. The Morgan fingerprint density at radius 3 is 2.81 bits per heavy atom. The largest absolute Gasteiger partial charge is 0.378 e. The van der Waals surface area contributed by atoms with Crippen LogP contribution in [-0.2, 0) is 4.74 Å². The van der Waals surface area contributed by atoms with Crippen LogP contribution >= 0.6 is 22.6 Å². The van der Waals surface area contributed by atoms with Gasteiger partial charge in [-0.25, -0.2) is 0 Å². The number of carbonyl (C=O) groups is 1. The van der Waals surface area contributed by atoms with Crippen molar-refractivity contribution in [3.63, 3.8) is 0 Å². The lowest BCUT2D eigenvalue weighted by molar-refractivity contribution is 0.00841. The number of ether oxygens (including phenoxy) is 1. The molecule has 0 radical (unpaired) electrons. The van der Waals surface area contributed by atoms with E-state index in [0.29, 0.717) is 6.54 Å². The molecule has 5 heteroatoms. The van der Waals surface area contributed by atoms with Crippen molar-refractivity contribution in [1.29, 1.82) is 0 Å². The van der Waals surface area contributed by atoms with E-state index in [2.05, 4.69) is 22.6 Å². The Kier molecular flexibility index (Phi) is 6.44. The Labute approximate surface area is 140 Å². The van der Waals surface area contributed by atoms with Gasteiger partial charge in [0, 0.05) is 23.3 Å². The summed E-state index contributed by atoms with van der Waals surface area (Å²) >= 11 is 2.26. The first-order chi connectivity index (χ1) is 10.1. The molecule has 0 aromatic heterocycles. The van der Waals surface area contributed by atoms with Crippen molar-refractivity contribution in [2.75, 3.05) is 26.2 Å². The summed E-state index contributed by atoms with van der Waals surface area (Å²) in [6, 6.07) is 5.91. The highest BCUT2D eigenvalue weighted by Gasteiger charge is 2.25. The number of nitrogens with two attached hydrogens (primary N) is 1. The summed E-state index contributed by atoms with van der Waals surface area (Å²) < 4.78 is 6.84. The third kappa shape index (κ3) is 4.40. The van der Waals surface area contributed by atoms with E-state index >= 15 is 0 Å². The Balaban J connectivity index is 1.90. The fraction of sp³-hybridized carbons (Fsp3) is 0.562. The molecule has 116 valence electrons. The molecule has 1 heterocycles. The van der Waals surface area contributed by atoms with Crippen LogP contribution in [0.25, 0.3) is 0 Å². The molecule has 1 aliphatic rings. The first kappa shape index (κ1) is 16.7. The normalized spacial score (nSPS) is 16.2. The van der Waals surface area contributed by atoms with Crippen molar-refractivity contribution >= 4 is 28.5 Å². The second-order valence-corrected chi connectivity index (χ2v) is 6.52. The van der Waals surface area contributed by atoms with Gasteiger partial charge in [0.25, 0.3) is 5.91 Å². The van der Waals surface area contributed by atoms with Crippen molar-refractivity contribution in [2.45, 2.75) is 32.3 Å². The van der Waals surface area contributed by atoms with E-state index in [9.17, 15) is 4.79 Å². The molecule has 1 aliphatic heterocycles. The number of amides is 1. The van der Waals surface area contributed by atoms with E-state index in [1.54, 1.807) is 0 Å². The minimum Gasteiger partial charge on any atom is -0.378 e. The average Bonchev–Trinajstić information content (AvgIpc) is 2.50. The van der Waals surface area contributed by atoms with Crippen molar-refractivity contribution in [1.82, 2.24) is 4.90 Å². The van der Waals surface area contributed by atoms with Gasteiger partial charge in [-0.3, -0.25) is 4.79 Å². The molecule has 4 nitrogen and oxygen atoms in total. The molecule has 0 unspecified atom stereocenters.